The molecule has 0 radical (unpaired) electrons. The molecule has 58 valence electrons. The van der Waals surface area contributed by atoms with Crippen molar-refractivity contribution in [2.24, 2.45) is 0 Å². The van der Waals surface area contributed by atoms with Crippen LogP contribution in [-0.4, -0.2) is 15.9 Å². The summed E-state index contributed by atoms with van der Waals surface area (Å²) >= 11 is 3.32. The molecule has 0 saturated carbocycles. The van der Waals surface area contributed by atoms with Crippen LogP contribution in [0.4, 0.5) is 0 Å². The summed E-state index contributed by atoms with van der Waals surface area (Å²) in [4.78, 5) is 10.2. The molecule has 0 aliphatic heterocycles. The van der Waals surface area contributed by atoms with E-state index >= 15 is 0 Å². The van der Waals surface area contributed by atoms with Crippen molar-refractivity contribution in [3.63, 3.8) is 0 Å². The highest BCUT2D eigenvalue weighted by molar-refractivity contribution is 9.09. The highest BCUT2D eigenvalue weighted by Crippen LogP contribution is 2.08. The van der Waals surface area contributed by atoms with Gasteiger partial charge in [-0.1, -0.05) is 35.4 Å². The normalized spacial score (nSPS) is 13.8. The zero-order valence-corrected chi connectivity index (χ0v) is 7.47. The second-order valence-electron chi connectivity index (χ2n) is 2.00. The van der Waals surface area contributed by atoms with E-state index in [-0.39, 0.29) is 4.83 Å². The van der Waals surface area contributed by atoms with Crippen LogP contribution in [0.25, 0.3) is 0 Å². The molecular formula is C7H11BrO2. The van der Waals surface area contributed by atoms with Crippen molar-refractivity contribution < 1.29 is 9.90 Å². The Morgan fingerprint density at radius 1 is 1.80 bits per heavy atom. The lowest BCUT2D eigenvalue weighted by atomic mass is 10.2. The van der Waals surface area contributed by atoms with Crippen molar-refractivity contribution in [2.75, 3.05) is 0 Å². The first-order valence-corrected chi connectivity index (χ1v) is 4.13. The molecule has 0 aromatic heterocycles. The van der Waals surface area contributed by atoms with Crippen molar-refractivity contribution in [1.29, 1.82) is 0 Å². The molecule has 0 fully saturated rings. The standard InChI is InChI=1S/C7H11BrO2/c1-2-3-6(8)4-5-7(9)10/h4-6H,2-3H2,1H3,(H,9,10). The van der Waals surface area contributed by atoms with Gasteiger partial charge in [-0.3, -0.25) is 0 Å². The molecule has 1 atom stereocenters. The van der Waals surface area contributed by atoms with Gasteiger partial charge in [0.05, 0.1) is 0 Å². The maximum atomic E-state index is 10.0. The number of hydrogen-bond acceptors (Lipinski definition) is 1. The van der Waals surface area contributed by atoms with Gasteiger partial charge in [-0.25, -0.2) is 4.79 Å². The summed E-state index contributed by atoms with van der Waals surface area (Å²) in [6.07, 6.45) is 4.84. The van der Waals surface area contributed by atoms with Crippen LogP contribution in [0, 0.1) is 0 Å². The summed E-state index contributed by atoms with van der Waals surface area (Å²) in [5.41, 5.74) is 0. The summed E-state index contributed by atoms with van der Waals surface area (Å²) < 4.78 is 0. The quantitative estimate of drug-likeness (QED) is 0.566. The summed E-state index contributed by atoms with van der Waals surface area (Å²) in [6, 6.07) is 0. The van der Waals surface area contributed by atoms with Crippen LogP contribution in [0.1, 0.15) is 19.8 Å². The SMILES string of the molecule is CCCC(Br)C=CC(=O)O. The Morgan fingerprint density at radius 3 is 2.80 bits per heavy atom. The maximum Gasteiger partial charge on any atom is 0.328 e. The fourth-order valence-corrected chi connectivity index (χ4v) is 1.17. The van der Waals surface area contributed by atoms with Gasteiger partial charge in [-0.15, -0.1) is 0 Å². The average Bonchev–Trinajstić information content (AvgIpc) is 1.85. The third-order valence-electron chi connectivity index (χ3n) is 1.01. The van der Waals surface area contributed by atoms with E-state index < -0.39 is 5.97 Å². The maximum absolute atomic E-state index is 10.0. The number of carboxylic acids is 1. The topological polar surface area (TPSA) is 37.3 Å². The molecule has 10 heavy (non-hydrogen) atoms. The van der Waals surface area contributed by atoms with E-state index in [1.54, 1.807) is 6.08 Å². The van der Waals surface area contributed by atoms with Crippen molar-refractivity contribution in [2.45, 2.75) is 24.6 Å². The third-order valence-corrected chi connectivity index (χ3v) is 1.78. The van der Waals surface area contributed by atoms with Crippen LogP contribution in [0.5, 0.6) is 0 Å². The highest BCUT2D eigenvalue weighted by Gasteiger charge is 1.96. The molecule has 0 aromatic carbocycles. The van der Waals surface area contributed by atoms with Gasteiger partial charge in [0, 0.05) is 10.9 Å². The van der Waals surface area contributed by atoms with Gasteiger partial charge in [0.25, 0.3) is 0 Å². The van der Waals surface area contributed by atoms with Gasteiger partial charge in [0.2, 0.25) is 0 Å². The molecule has 0 bridgehead atoms. The van der Waals surface area contributed by atoms with Crippen molar-refractivity contribution in [3.05, 3.63) is 12.2 Å². The van der Waals surface area contributed by atoms with Crippen LogP contribution in [-0.2, 0) is 4.79 Å². The lowest BCUT2D eigenvalue weighted by Crippen LogP contribution is -1.94. The van der Waals surface area contributed by atoms with Crippen molar-refractivity contribution in [1.82, 2.24) is 0 Å². The van der Waals surface area contributed by atoms with E-state index in [4.69, 9.17) is 5.11 Å². The molecule has 0 aromatic rings. The van der Waals surface area contributed by atoms with Crippen LogP contribution in [0.15, 0.2) is 12.2 Å². The largest absolute Gasteiger partial charge is 0.478 e. The number of hydrogen-bond donors (Lipinski definition) is 1. The molecule has 0 rings (SSSR count). The minimum absolute atomic E-state index is 0.202. The molecule has 1 N–H and O–H groups in total. The van der Waals surface area contributed by atoms with E-state index in [2.05, 4.69) is 22.9 Å². The van der Waals surface area contributed by atoms with Crippen LogP contribution in [0.2, 0.25) is 0 Å². The molecular weight excluding hydrogens is 196 g/mol. The zero-order chi connectivity index (χ0) is 7.98. The zero-order valence-electron chi connectivity index (χ0n) is 5.88. The molecule has 2 nitrogen and oxygen atoms in total. The molecule has 0 aliphatic carbocycles. The van der Waals surface area contributed by atoms with Crippen LogP contribution in [0.3, 0.4) is 0 Å². The molecule has 0 spiro atoms. The first-order valence-electron chi connectivity index (χ1n) is 3.22. The van der Waals surface area contributed by atoms with Crippen LogP contribution < -0.4 is 0 Å². The molecule has 0 aliphatic rings. The Morgan fingerprint density at radius 2 is 2.40 bits per heavy atom. The first-order chi connectivity index (χ1) is 4.66. The number of allylic oxidation sites excluding steroid dienone is 1. The number of halogens is 1. The van der Waals surface area contributed by atoms with E-state index in [1.165, 1.54) is 0 Å². The van der Waals surface area contributed by atoms with Gasteiger partial charge in [0.1, 0.15) is 0 Å². The number of carboxylic acid groups (broad SMARTS) is 1. The van der Waals surface area contributed by atoms with E-state index in [0.717, 1.165) is 18.9 Å². The Bertz CT molecular complexity index is 132. The van der Waals surface area contributed by atoms with E-state index in [1.807, 2.05) is 0 Å². The molecule has 3 heteroatoms. The smallest absolute Gasteiger partial charge is 0.328 e. The Kier molecular flexibility index (Phi) is 5.30. The second-order valence-corrected chi connectivity index (χ2v) is 3.18. The van der Waals surface area contributed by atoms with Gasteiger partial charge in [-0.05, 0) is 6.42 Å². The van der Waals surface area contributed by atoms with Gasteiger partial charge < -0.3 is 5.11 Å². The predicted octanol–water partition coefficient (Wildman–Crippen LogP) is 2.19. The average molecular weight is 207 g/mol. The summed E-state index contributed by atoms with van der Waals surface area (Å²) in [7, 11) is 0. The Hall–Kier alpha value is -0.310. The third kappa shape index (κ3) is 5.82. The predicted molar refractivity (Wildman–Crippen MR) is 44.4 cm³/mol. The minimum atomic E-state index is -0.888. The lowest BCUT2D eigenvalue weighted by Gasteiger charge is -1.97. The number of carbonyl (C=O) groups is 1. The van der Waals surface area contributed by atoms with Gasteiger partial charge >= 0.3 is 5.97 Å². The van der Waals surface area contributed by atoms with Crippen molar-refractivity contribution in [3.8, 4) is 0 Å². The molecule has 1 unspecified atom stereocenters. The fraction of sp³-hybridized carbons (Fsp3) is 0.571. The monoisotopic (exact) mass is 206 g/mol. The second kappa shape index (κ2) is 5.47. The van der Waals surface area contributed by atoms with E-state index in [0.29, 0.717) is 0 Å². The molecule has 0 heterocycles. The van der Waals surface area contributed by atoms with Gasteiger partial charge in [0.15, 0.2) is 0 Å². The lowest BCUT2D eigenvalue weighted by molar-refractivity contribution is -0.131. The summed E-state index contributed by atoms with van der Waals surface area (Å²) in [5.74, 6) is -0.888. The Balaban J connectivity index is 3.55. The summed E-state index contributed by atoms with van der Waals surface area (Å²) in [6.45, 7) is 2.06. The summed E-state index contributed by atoms with van der Waals surface area (Å²) in [5, 5.41) is 8.22. The van der Waals surface area contributed by atoms with E-state index in [9.17, 15) is 4.79 Å². The molecule has 0 amide bonds. The highest BCUT2D eigenvalue weighted by atomic mass is 79.9. The Labute approximate surface area is 69.1 Å². The fourth-order valence-electron chi connectivity index (χ4n) is 0.559. The number of aliphatic carboxylic acids is 1. The number of alkyl halides is 1. The minimum Gasteiger partial charge on any atom is -0.478 e. The first kappa shape index (κ1) is 9.69. The van der Waals surface area contributed by atoms with Crippen LogP contribution >= 0.6 is 15.9 Å². The molecule has 0 saturated heterocycles. The van der Waals surface area contributed by atoms with Crippen molar-refractivity contribution >= 4 is 21.9 Å². The number of rotatable bonds is 4. The van der Waals surface area contributed by atoms with Gasteiger partial charge in [-0.2, -0.15) is 0 Å².